The van der Waals surface area contributed by atoms with Crippen molar-refractivity contribution in [3.05, 3.63) is 35.4 Å². The number of aliphatic hydroxyl groups excluding tert-OH is 1. The first-order chi connectivity index (χ1) is 12.4. The molecule has 2 aliphatic heterocycles. The number of carbonyl (C=O) groups is 1. The number of likely N-dealkylation sites (N-methyl/N-ethyl adjacent to an activating group) is 1. The Morgan fingerprint density at radius 3 is 2.81 bits per heavy atom. The summed E-state index contributed by atoms with van der Waals surface area (Å²) < 4.78 is 0. The van der Waals surface area contributed by atoms with E-state index in [-0.39, 0.29) is 17.9 Å². The van der Waals surface area contributed by atoms with Crippen molar-refractivity contribution in [3.63, 3.8) is 0 Å². The van der Waals surface area contributed by atoms with Crippen LogP contribution in [0.1, 0.15) is 31.4 Å². The molecule has 4 rings (SSSR count). The summed E-state index contributed by atoms with van der Waals surface area (Å²) in [5, 5.41) is 24.6. The summed E-state index contributed by atoms with van der Waals surface area (Å²) >= 11 is 0. The SMILES string of the molecule is CCN(CC)C(=O)[C@@H]1C=C2c3cccc4c3C(O)(C[C@H]2N(C)C1)C(O)N4. The second-order valence-electron chi connectivity index (χ2n) is 7.60. The number of hydrogen-bond acceptors (Lipinski definition) is 5. The van der Waals surface area contributed by atoms with Crippen molar-refractivity contribution in [2.24, 2.45) is 5.92 Å². The molecular formula is C20H27N3O3. The maximum atomic E-state index is 12.9. The topological polar surface area (TPSA) is 76.0 Å². The van der Waals surface area contributed by atoms with E-state index in [9.17, 15) is 15.0 Å². The van der Waals surface area contributed by atoms with Crippen molar-refractivity contribution in [3.8, 4) is 0 Å². The van der Waals surface area contributed by atoms with Crippen molar-refractivity contribution in [1.29, 1.82) is 0 Å². The van der Waals surface area contributed by atoms with Gasteiger partial charge in [0.2, 0.25) is 5.91 Å². The molecule has 4 atom stereocenters. The van der Waals surface area contributed by atoms with Gasteiger partial charge in [0.1, 0.15) is 5.60 Å². The number of nitrogens with one attached hydrogen (secondary N) is 1. The first-order valence-corrected chi connectivity index (χ1v) is 9.42. The molecule has 6 heteroatoms. The fraction of sp³-hybridized carbons (Fsp3) is 0.550. The Hall–Kier alpha value is -1.89. The number of amides is 1. The molecule has 2 unspecified atom stereocenters. The minimum absolute atomic E-state index is 0.0157. The van der Waals surface area contributed by atoms with Gasteiger partial charge in [-0.25, -0.2) is 0 Å². The Kier molecular flexibility index (Phi) is 4.10. The molecule has 3 N–H and O–H groups in total. The monoisotopic (exact) mass is 357 g/mol. The highest BCUT2D eigenvalue weighted by molar-refractivity contribution is 5.88. The van der Waals surface area contributed by atoms with E-state index in [4.69, 9.17) is 0 Å². The molecule has 0 fully saturated rings. The van der Waals surface area contributed by atoms with Gasteiger partial charge >= 0.3 is 0 Å². The van der Waals surface area contributed by atoms with Crippen molar-refractivity contribution in [2.75, 3.05) is 32.0 Å². The van der Waals surface area contributed by atoms with Crippen LogP contribution in [0, 0.1) is 5.92 Å². The van der Waals surface area contributed by atoms with Crippen LogP contribution in [0.4, 0.5) is 5.69 Å². The van der Waals surface area contributed by atoms with Crippen LogP contribution >= 0.6 is 0 Å². The average molecular weight is 357 g/mol. The average Bonchev–Trinajstić information content (AvgIpc) is 2.88. The summed E-state index contributed by atoms with van der Waals surface area (Å²) in [5.74, 6) is -0.0353. The lowest BCUT2D eigenvalue weighted by Gasteiger charge is -2.45. The quantitative estimate of drug-likeness (QED) is 0.758. The smallest absolute Gasteiger partial charge is 0.230 e. The Labute approximate surface area is 154 Å². The van der Waals surface area contributed by atoms with E-state index in [1.54, 1.807) is 0 Å². The summed E-state index contributed by atoms with van der Waals surface area (Å²) in [5.41, 5.74) is 2.27. The van der Waals surface area contributed by atoms with Gasteiger partial charge in [0.05, 0.1) is 5.92 Å². The van der Waals surface area contributed by atoms with E-state index < -0.39 is 11.8 Å². The van der Waals surface area contributed by atoms with Crippen LogP contribution in [-0.2, 0) is 10.4 Å². The molecule has 140 valence electrons. The lowest BCUT2D eigenvalue weighted by Crippen LogP contribution is -2.52. The fourth-order valence-corrected chi connectivity index (χ4v) is 4.80. The summed E-state index contributed by atoms with van der Waals surface area (Å²) in [6.45, 7) is 6.04. The number of aliphatic hydroxyl groups is 2. The highest BCUT2D eigenvalue weighted by atomic mass is 16.4. The fourth-order valence-electron chi connectivity index (χ4n) is 4.80. The Morgan fingerprint density at radius 1 is 1.38 bits per heavy atom. The summed E-state index contributed by atoms with van der Waals surface area (Å²) in [4.78, 5) is 16.9. The van der Waals surface area contributed by atoms with Gasteiger partial charge in [0.25, 0.3) is 0 Å². The molecule has 2 heterocycles. The van der Waals surface area contributed by atoms with Gasteiger partial charge in [-0.3, -0.25) is 9.69 Å². The van der Waals surface area contributed by atoms with E-state index in [0.29, 0.717) is 26.1 Å². The second kappa shape index (κ2) is 6.08. The first-order valence-electron chi connectivity index (χ1n) is 9.42. The van der Waals surface area contributed by atoms with Gasteiger partial charge in [-0.2, -0.15) is 0 Å². The van der Waals surface area contributed by atoms with Gasteiger partial charge in [-0.05, 0) is 38.1 Å². The number of fused-ring (bicyclic) bond motifs is 2. The maximum absolute atomic E-state index is 12.9. The second-order valence-corrected chi connectivity index (χ2v) is 7.60. The van der Waals surface area contributed by atoms with Gasteiger partial charge in [-0.1, -0.05) is 18.2 Å². The number of anilines is 1. The molecule has 0 radical (unpaired) electrons. The molecule has 0 saturated heterocycles. The highest BCUT2D eigenvalue weighted by Gasteiger charge is 2.53. The molecule has 1 aromatic carbocycles. The van der Waals surface area contributed by atoms with Crippen LogP contribution in [0.2, 0.25) is 0 Å². The van der Waals surface area contributed by atoms with Gasteiger partial charge < -0.3 is 20.4 Å². The Balaban J connectivity index is 1.81. The standard InChI is InChI=1S/C20H27N3O3/c1-4-23(5-2)18(24)12-9-14-13-7-6-8-15-17(13)20(26,19(25)21-15)10-16(14)22(3)11-12/h6-9,12,16,19,21,25-26H,4-5,10-11H2,1-3H3/t12-,16-,19?,20?/m1/s1. The zero-order chi connectivity index (χ0) is 18.6. The Morgan fingerprint density at radius 2 is 2.12 bits per heavy atom. The van der Waals surface area contributed by atoms with E-state index >= 15 is 0 Å². The third-order valence-electron chi connectivity index (χ3n) is 6.21. The molecule has 0 aromatic heterocycles. The first kappa shape index (κ1) is 17.5. The number of hydrogen-bond donors (Lipinski definition) is 3. The minimum atomic E-state index is -1.29. The van der Waals surface area contributed by atoms with E-state index in [1.807, 2.05) is 44.0 Å². The number of nitrogens with zero attached hydrogens (tertiary/aromatic N) is 2. The molecule has 1 amide bonds. The molecule has 26 heavy (non-hydrogen) atoms. The van der Waals surface area contributed by atoms with E-state index in [1.165, 1.54) is 0 Å². The minimum Gasteiger partial charge on any atom is -0.380 e. The van der Waals surface area contributed by atoms with E-state index in [2.05, 4.69) is 16.3 Å². The Bertz CT molecular complexity index is 774. The summed E-state index contributed by atoms with van der Waals surface area (Å²) in [6.07, 6.45) is 1.49. The molecule has 6 nitrogen and oxygen atoms in total. The number of benzene rings is 1. The summed E-state index contributed by atoms with van der Waals surface area (Å²) in [7, 11) is 1.99. The largest absolute Gasteiger partial charge is 0.380 e. The third kappa shape index (κ3) is 2.32. The lowest BCUT2D eigenvalue weighted by molar-refractivity contribution is -0.134. The van der Waals surface area contributed by atoms with Crippen LogP contribution in [0.3, 0.4) is 0 Å². The molecule has 0 bridgehead atoms. The number of rotatable bonds is 3. The predicted molar refractivity (Wildman–Crippen MR) is 100 cm³/mol. The van der Waals surface area contributed by atoms with Crippen LogP contribution in [-0.4, -0.2) is 64.9 Å². The third-order valence-corrected chi connectivity index (χ3v) is 6.21. The van der Waals surface area contributed by atoms with Crippen LogP contribution in [0.25, 0.3) is 5.57 Å². The summed E-state index contributed by atoms with van der Waals surface area (Å²) in [6, 6.07) is 5.78. The molecule has 0 saturated carbocycles. The maximum Gasteiger partial charge on any atom is 0.230 e. The van der Waals surface area contributed by atoms with Gasteiger partial charge in [0.15, 0.2) is 6.23 Å². The zero-order valence-corrected chi connectivity index (χ0v) is 15.6. The van der Waals surface area contributed by atoms with Crippen LogP contribution < -0.4 is 5.32 Å². The number of carbonyl (C=O) groups excluding carboxylic acids is 1. The molecule has 1 aromatic rings. The van der Waals surface area contributed by atoms with Gasteiger partial charge in [0, 0.05) is 43.3 Å². The lowest BCUT2D eigenvalue weighted by atomic mass is 9.71. The van der Waals surface area contributed by atoms with Crippen molar-refractivity contribution < 1.29 is 15.0 Å². The van der Waals surface area contributed by atoms with Crippen molar-refractivity contribution >= 4 is 17.2 Å². The van der Waals surface area contributed by atoms with Crippen molar-refractivity contribution in [1.82, 2.24) is 9.80 Å². The van der Waals surface area contributed by atoms with Crippen LogP contribution in [0.5, 0.6) is 0 Å². The van der Waals surface area contributed by atoms with Crippen molar-refractivity contribution in [2.45, 2.75) is 38.1 Å². The molecule has 0 spiro atoms. The zero-order valence-electron chi connectivity index (χ0n) is 15.6. The highest BCUT2D eigenvalue weighted by Crippen LogP contribution is 2.52. The molecular weight excluding hydrogens is 330 g/mol. The molecule has 1 aliphatic carbocycles. The van der Waals surface area contributed by atoms with E-state index in [0.717, 1.165) is 22.4 Å². The van der Waals surface area contributed by atoms with Gasteiger partial charge in [-0.15, -0.1) is 0 Å². The normalized spacial score (nSPS) is 32.3. The molecule has 3 aliphatic rings. The van der Waals surface area contributed by atoms with Crippen LogP contribution in [0.15, 0.2) is 24.3 Å². The predicted octanol–water partition coefficient (Wildman–Crippen LogP) is 1.20.